The van der Waals surface area contributed by atoms with Gasteiger partial charge >= 0.3 is 0 Å². The lowest BCUT2D eigenvalue weighted by Crippen LogP contribution is -2.33. The van der Waals surface area contributed by atoms with Gasteiger partial charge in [-0.3, -0.25) is 14.6 Å². The van der Waals surface area contributed by atoms with Crippen LogP contribution in [0.25, 0.3) is 0 Å². The number of piperidine rings is 1. The maximum absolute atomic E-state index is 12.6. The number of pyridine rings is 2. The van der Waals surface area contributed by atoms with Gasteiger partial charge in [-0.25, -0.2) is 4.98 Å². The number of halogens is 1. The Balaban J connectivity index is 1.65. The Morgan fingerprint density at radius 3 is 2.65 bits per heavy atom. The molecule has 10 nitrogen and oxygen atoms in total. The van der Waals surface area contributed by atoms with Crippen LogP contribution in [0.1, 0.15) is 36.9 Å². The third-order valence-electron chi connectivity index (χ3n) is 5.55. The van der Waals surface area contributed by atoms with Gasteiger partial charge in [0.1, 0.15) is 22.3 Å². The van der Waals surface area contributed by atoms with Crippen LogP contribution >= 0.6 is 11.6 Å². The number of methoxy groups -OCH3 is 1. The van der Waals surface area contributed by atoms with E-state index in [0.717, 1.165) is 18.5 Å². The summed E-state index contributed by atoms with van der Waals surface area (Å²) in [6.45, 7) is 2.97. The first-order valence-corrected chi connectivity index (χ1v) is 11.2. The monoisotopic (exact) mass is 486 g/mol. The molecule has 0 aromatic carbocycles. The van der Waals surface area contributed by atoms with E-state index in [4.69, 9.17) is 26.3 Å². The summed E-state index contributed by atoms with van der Waals surface area (Å²) in [4.78, 5) is 34.7. The zero-order valence-electron chi connectivity index (χ0n) is 19.3. The number of hydrogen-bond donors (Lipinski definition) is 2. The average molecular weight is 487 g/mol. The molecule has 11 heteroatoms. The predicted molar refractivity (Wildman–Crippen MR) is 126 cm³/mol. The van der Waals surface area contributed by atoms with E-state index < -0.39 is 6.10 Å². The molecule has 0 bridgehead atoms. The summed E-state index contributed by atoms with van der Waals surface area (Å²) in [5, 5.41) is 14.5. The van der Waals surface area contributed by atoms with E-state index in [1.54, 1.807) is 25.1 Å². The Morgan fingerprint density at radius 1 is 1.26 bits per heavy atom. The summed E-state index contributed by atoms with van der Waals surface area (Å²) in [6, 6.07) is 3.28. The quantitative estimate of drug-likeness (QED) is 0.544. The number of likely N-dealkylation sites (N-methyl/N-ethyl adjacent to an activating group) is 1. The number of nitrogens with one attached hydrogen (secondary N) is 2. The van der Waals surface area contributed by atoms with Crippen molar-refractivity contribution in [3.05, 3.63) is 40.8 Å². The summed E-state index contributed by atoms with van der Waals surface area (Å²) >= 11 is 6.11. The third kappa shape index (κ3) is 6.26. The Morgan fingerprint density at radius 2 is 2.00 bits per heavy atom. The molecule has 34 heavy (non-hydrogen) atoms. The highest BCUT2D eigenvalue weighted by atomic mass is 35.5. The number of nitrogens with zero attached hydrogens (tertiary/aromatic N) is 4. The van der Waals surface area contributed by atoms with Crippen LogP contribution in [0.3, 0.4) is 0 Å². The Kier molecular flexibility index (Phi) is 8.49. The van der Waals surface area contributed by atoms with Crippen molar-refractivity contribution in [3.8, 4) is 17.7 Å². The van der Waals surface area contributed by atoms with Crippen molar-refractivity contribution < 1.29 is 19.1 Å². The molecule has 2 N–H and O–H groups in total. The number of carbonyl (C=O) groups is 2. The SMILES string of the molecule is CNC(=O)[C@H](C)Oc1cc(NC(=O)Cc2cnc(C3CCN(C#N)CC3)c(OC)c2)ncc1Cl. The molecule has 0 radical (unpaired) electrons. The third-order valence-corrected chi connectivity index (χ3v) is 5.84. The van der Waals surface area contributed by atoms with E-state index in [1.165, 1.54) is 19.3 Å². The van der Waals surface area contributed by atoms with Gasteiger partial charge in [0, 0.05) is 38.3 Å². The minimum absolute atomic E-state index is 0.0612. The van der Waals surface area contributed by atoms with Crippen molar-refractivity contribution in [3.63, 3.8) is 0 Å². The van der Waals surface area contributed by atoms with Crippen LogP contribution in [0.5, 0.6) is 11.5 Å². The lowest BCUT2D eigenvalue weighted by atomic mass is 9.92. The van der Waals surface area contributed by atoms with Gasteiger partial charge in [-0.1, -0.05) is 11.6 Å². The van der Waals surface area contributed by atoms with E-state index in [2.05, 4.69) is 26.8 Å². The van der Waals surface area contributed by atoms with Crippen molar-refractivity contribution in [1.29, 1.82) is 5.26 Å². The molecule has 1 atom stereocenters. The highest BCUT2D eigenvalue weighted by Crippen LogP contribution is 2.33. The Labute approximate surface area is 203 Å². The number of rotatable bonds is 8. The first-order chi connectivity index (χ1) is 16.3. The van der Waals surface area contributed by atoms with E-state index in [1.807, 2.05) is 6.07 Å². The van der Waals surface area contributed by atoms with E-state index in [-0.39, 0.29) is 40.7 Å². The summed E-state index contributed by atoms with van der Waals surface area (Å²) < 4.78 is 11.1. The van der Waals surface area contributed by atoms with Crippen molar-refractivity contribution in [2.75, 3.05) is 32.6 Å². The summed E-state index contributed by atoms with van der Waals surface area (Å²) in [5.74, 6) is 0.700. The van der Waals surface area contributed by atoms with Gasteiger partial charge < -0.3 is 25.0 Å². The first kappa shape index (κ1) is 25.1. The van der Waals surface area contributed by atoms with Gasteiger partial charge in [-0.2, -0.15) is 5.26 Å². The lowest BCUT2D eigenvalue weighted by Gasteiger charge is -2.28. The van der Waals surface area contributed by atoms with Crippen LogP contribution in [0, 0.1) is 11.5 Å². The Bertz CT molecular complexity index is 1080. The summed E-state index contributed by atoms with van der Waals surface area (Å²) in [7, 11) is 3.09. The van der Waals surface area contributed by atoms with Crippen molar-refractivity contribution in [2.45, 2.75) is 38.2 Å². The van der Waals surface area contributed by atoms with Crippen LogP contribution in [0.4, 0.5) is 5.82 Å². The summed E-state index contributed by atoms with van der Waals surface area (Å²) in [6.07, 6.45) is 6.13. The second kappa shape index (κ2) is 11.5. The predicted octanol–water partition coefficient (Wildman–Crippen LogP) is 2.49. The number of likely N-dealkylation sites (tertiary alicyclic amines) is 1. The lowest BCUT2D eigenvalue weighted by molar-refractivity contribution is -0.126. The second-order valence-corrected chi connectivity index (χ2v) is 8.30. The number of anilines is 1. The van der Waals surface area contributed by atoms with Gasteiger partial charge in [0.15, 0.2) is 12.3 Å². The average Bonchev–Trinajstić information content (AvgIpc) is 2.85. The number of ether oxygens (including phenoxy) is 2. The number of carbonyl (C=O) groups excluding carboxylic acids is 2. The Hall–Kier alpha value is -3.58. The van der Waals surface area contributed by atoms with Crippen molar-refractivity contribution in [2.24, 2.45) is 0 Å². The topological polar surface area (TPSA) is 129 Å². The van der Waals surface area contributed by atoms with E-state index >= 15 is 0 Å². The number of hydrogen-bond acceptors (Lipinski definition) is 8. The van der Waals surface area contributed by atoms with Gasteiger partial charge in [-0.15, -0.1) is 0 Å². The minimum atomic E-state index is -0.766. The van der Waals surface area contributed by atoms with Gasteiger partial charge in [0.25, 0.3) is 5.91 Å². The molecule has 0 saturated carbocycles. The molecule has 3 heterocycles. The molecule has 2 amide bonds. The first-order valence-electron chi connectivity index (χ1n) is 10.9. The standard InChI is InChI=1S/C23H27ClN6O4/c1-14(23(32)26-2)34-18-10-20(27-12-17(18)24)29-21(31)9-15-8-19(33-3)22(28-11-15)16-4-6-30(13-25)7-5-16/h8,10-12,14,16H,4-7,9H2,1-3H3,(H,26,32)(H,27,29,31)/t14-/m0/s1. The molecule has 0 spiro atoms. The number of aromatic nitrogens is 2. The second-order valence-electron chi connectivity index (χ2n) is 7.89. The van der Waals surface area contributed by atoms with Crippen molar-refractivity contribution >= 4 is 29.2 Å². The van der Waals surface area contributed by atoms with E-state index in [9.17, 15) is 9.59 Å². The van der Waals surface area contributed by atoms with Gasteiger partial charge in [-0.05, 0) is 31.4 Å². The van der Waals surface area contributed by atoms with Crippen LogP contribution in [-0.4, -0.2) is 60.0 Å². The normalized spacial score (nSPS) is 14.6. The van der Waals surface area contributed by atoms with Gasteiger partial charge in [0.05, 0.1) is 25.4 Å². The molecule has 0 unspecified atom stereocenters. The molecular weight excluding hydrogens is 460 g/mol. The fraction of sp³-hybridized carbons (Fsp3) is 0.435. The molecule has 1 aliphatic rings. The largest absolute Gasteiger partial charge is 0.495 e. The maximum atomic E-state index is 12.6. The minimum Gasteiger partial charge on any atom is -0.495 e. The molecule has 1 saturated heterocycles. The molecule has 2 aromatic heterocycles. The molecule has 0 aliphatic carbocycles. The fourth-order valence-electron chi connectivity index (χ4n) is 3.71. The molecular formula is C23H27ClN6O4. The molecule has 2 aromatic rings. The van der Waals surface area contributed by atoms with Crippen LogP contribution in [-0.2, 0) is 16.0 Å². The summed E-state index contributed by atoms with van der Waals surface area (Å²) in [5.41, 5.74) is 1.53. The van der Waals surface area contributed by atoms with Crippen LogP contribution in [0.2, 0.25) is 5.02 Å². The molecule has 180 valence electrons. The highest BCUT2D eigenvalue weighted by molar-refractivity contribution is 6.32. The van der Waals surface area contributed by atoms with Crippen LogP contribution < -0.4 is 20.1 Å². The van der Waals surface area contributed by atoms with Crippen LogP contribution in [0.15, 0.2) is 24.5 Å². The highest BCUT2D eigenvalue weighted by Gasteiger charge is 2.24. The zero-order valence-corrected chi connectivity index (χ0v) is 20.1. The maximum Gasteiger partial charge on any atom is 0.260 e. The van der Waals surface area contributed by atoms with E-state index in [0.29, 0.717) is 24.4 Å². The molecule has 1 aliphatic heterocycles. The fourth-order valence-corrected chi connectivity index (χ4v) is 3.86. The smallest absolute Gasteiger partial charge is 0.260 e. The van der Waals surface area contributed by atoms with Crippen molar-refractivity contribution in [1.82, 2.24) is 20.2 Å². The zero-order chi connectivity index (χ0) is 24.7. The number of amides is 2. The molecule has 1 fully saturated rings. The number of nitriles is 1. The molecule has 3 rings (SSSR count). The van der Waals surface area contributed by atoms with Gasteiger partial charge in [0.2, 0.25) is 5.91 Å².